The summed E-state index contributed by atoms with van der Waals surface area (Å²) in [4.78, 5) is 11.9. The minimum Gasteiger partial charge on any atom is -0.345 e. The van der Waals surface area contributed by atoms with Gasteiger partial charge in [-0.1, -0.05) is 44.7 Å². The van der Waals surface area contributed by atoms with Gasteiger partial charge in [-0.3, -0.25) is 4.79 Å². The van der Waals surface area contributed by atoms with E-state index in [-0.39, 0.29) is 17.3 Å². The maximum absolute atomic E-state index is 11.9. The van der Waals surface area contributed by atoms with Crippen LogP contribution in [0, 0.1) is 11.8 Å². The van der Waals surface area contributed by atoms with Gasteiger partial charge >= 0.3 is 0 Å². The van der Waals surface area contributed by atoms with Crippen molar-refractivity contribution in [1.29, 1.82) is 0 Å². The van der Waals surface area contributed by atoms with E-state index in [1.54, 1.807) is 0 Å². The van der Waals surface area contributed by atoms with E-state index in [0.29, 0.717) is 6.42 Å². The molecule has 2 atom stereocenters. The van der Waals surface area contributed by atoms with Gasteiger partial charge in [-0.25, -0.2) is 0 Å². The summed E-state index contributed by atoms with van der Waals surface area (Å²) in [5.41, 5.74) is 1.62. The van der Waals surface area contributed by atoms with Crippen LogP contribution in [-0.2, 0) is 14.9 Å². The summed E-state index contributed by atoms with van der Waals surface area (Å²) in [6.45, 7) is 6.57. The Labute approximate surface area is 120 Å². The van der Waals surface area contributed by atoms with Crippen LogP contribution in [0.25, 0.3) is 0 Å². The minimum absolute atomic E-state index is 0.0464. The van der Waals surface area contributed by atoms with E-state index >= 15 is 0 Å². The van der Waals surface area contributed by atoms with Crippen LogP contribution in [0.2, 0.25) is 0 Å². The molecule has 1 aromatic carbocycles. The van der Waals surface area contributed by atoms with Gasteiger partial charge in [-0.2, -0.15) is 0 Å². The fraction of sp³-hybridized carbons (Fsp3) is 0.500. The number of ketones is 1. The molecule has 1 heterocycles. The van der Waals surface area contributed by atoms with Gasteiger partial charge in [0.2, 0.25) is 5.60 Å². The van der Waals surface area contributed by atoms with Crippen LogP contribution in [-0.4, -0.2) is 17.5 Å². The summed E-state index contributed by atoms with van der Waals surface area (Å²) in [7, 11) is 0. The standard InChI is InChI=1S/C18H20O2/c1-17(2,3)14-9-7-13(8-10-14)11-12-18-15(19)5-4-6-16(18)20-18/h7-10,16H,4-6H2,1-3H3. The van der Waals surface area contributed by atoms with E-state index in [0.717, 1.165) is 18.4 Å². The fourth-order valence-electron chi connectivity index (χ4n) is 2.73. The highest BCUT2D eigenvalue weighted by molar-refractivity contribution is 5.95. The summed E-state index contributed by atoms with van der Waals surface area (Å²) in [5.74, 6) is 6.34. The van der Waals surface area contributed by atoms with E-state index in [9.17, 15) is 4.79 Å². The SMILES string of the molecule is CC(C)(C)c1ccc(C#CC23OC2CCCC3=O)cc1. The number of hydrogen-bond donors (Lipinski definition) is 0. The number of benzene rings is 1. The molecule has 0 aromatic heterocycles. The van der Waals surface area contributed by atoms with Crippen molar-refractivity contribution < 1.29 is 9.53 Å². The molecule has 2 fully saturated rings. The van der Waals surface area contributed by atoms with E-state index in [4.69, 9.17) is 4.74 Å². The zero-order valence-electron chi connectivity index (χ0n) is 12.3. The minimum atomic E-state index is -0.763. The lowest BCUT2D eigenvalue weighted by Gasteiger charge is -2.18. The summed E-state index contributed by atoms with van der Waals surface area (Å²) < 4.78 is 5.55. The van der Waals surface area contributed by atoms with Gasteiger partial charge in [0, 0.05) is 12.0 Å². The quantitative estimate of drug-likeness (QED) is 0.534. The fourth-order valence-corrected chi connectivity index (χ4v) is 2.73. The lowest BCUT2D eigenvalue weighted by Crippen LogP contribution is -2.29. The molecule has 0 bridgehead atoms. The molecular formula is C18H20O2. The number of epoxide rings is 1. The molecule has 1 saturated heterocycles. The number of rotatable bonds is 0. The normalized spacial score (nSPS) is 28.4. The third-order valence-corrected chi connectivity index (χ3v) is 4.15. The van der Waals surface area contributed by atoms with Gasteiger partial charge in [0.05, 0.1) is 0 Å². The first kappa shape index (κ1) is 13.4. The third kappa shape index (κ3) is 2.27. The molecule has 0 amide bonds. The first-order valence-corrected chi connectivity index (χ1v) is 7.27. The Balaban J connectivity index is 1.80. The largest absolute Gasteiger partial charge is 0.345 e. The van der Waals surface area contributed by atoms with Gasteiger partial charge in [0.15, 0.2) is 5.78 Å². The Morgan fingerprint density at radius 1 is 1.25 bits per heavy atom. The second-order valence-corrected chi connectivity index (χ2v) is 6.73. The van der Waals surface area contributed by atoms with Crippen LogP contribution in [0.5, 0.6) is 0 Å². The van der Waals surface area contributed by atoms with Crippen LogP contribution >= 0.6 is 0 Å². The lowest BCUT2D eigenvalue weighted by atomic mass is 9.86. The molecule has 3 rings (SSSR count). The van der Waals surface area contributed by atoms with Crippen molar-refractivity contribution in [2.24, 2.45) is 0 Å². The number of carbonyl (C=O) groups excluding carboxylic acids is 1. The number of ether oxygens (including phenoxy) is 1. The molecule has 2 unspecified atom stereocenters. The molecule has 1 aliphatic carbocycles. The Morgan fingerprint density at radius 2 is 1.95 bits per heavy atom. The van der Waals surface area contributed by atoms with E-state index in [1.165, 1.54) is 5.56 Å². The Kier molecular flexibility index (Phi) is 2.99. The average molecular weight is 268 g/mol. The highest BCUT2D eigenvalue weighted by Crippen LogP contribution is 2.45. The number of fused-ring (bicyclic) bond motifs is 1. The van der Waals surface area contributed by atoms with E-state index < -0.39 is 5.60 Å². The predicted octanol–water partition coefficient (Wildman–Crippen LogP) is 3.23. The molecule has 1 saturated carbocycles. The maximum atomic E-state index is 11.9. The topological polar surface area (TPSA) is 29.6 Å². The first-order valence-electron chi connectivity index (χ1n) is 7.27. The zero-order chi connectivity index (χ0) is 14.4. The Hall–Kier alpha value is -1.59. The van der Waals surface area contributed by atoms with E-state index in [1.807, 2.05) is 12.1 Å². The summed E-state index contributed by atoms with van der Waals surface area (Å²) in [5, 5.41) is 0. The monoisotopic (exact) mass is 268 g/mol. The predicted molar refractivity (Wildman–Crippen MR) is 78.5 cm³/mol. The molecule has 2 heteroatoms. The van der Waals surface area contributed by atoms with Crippen LogP contribution in [0.15, 0.2) is 24.3 Å². The van der Waals surface area contributed by atoms with Crippen LogP contribution in [0.4, 0.5) is 0 Å². The lowest BCUT2D eigenvalue weighted by molar-refractivity contribution is -0.122. The summed E-state index contributed by atoms with van der Waals surface area (Å²) in [6, 6.07) is 8.26. The molecule has 2 aliphatic rings. The number of carbonyl (C=O) groups is 1. The van der Waals surface area contributed by atoms with Crippen molar-refractivity contribution in [2.45, 2.75) is 57.2 Å². The number of hydrogen-bond acceptors (Lipinski definition) is 2. The maximum Gasteiger partial charge on any atom is 0.213 e. The van der Waals surface area contributed by atoms with Crippen LogP contribution < -0.4 is 0 Å². The van der Waals surface area contributed by atoms with Crippen molar-refractivity contribution in [1.82, 2.24) is 0 Å². The molecule has 104 valence electrons. The molecule has 0 spiro atoms. The molecule has 20 heavy (non-hydrogen) atoms. The average Bonchev–Trinajstić information content (AvgIpc) is 3.12. The number of Topliss-reactive ketones (excluding diaryl/α,β-unsaturated/α-hetero) is 1. The zero-order valence-corrected chi connectivity index (χ0v) is 12.3. The smallest absolute Gasteiger partial charge is 0.213 e. The van der Waals surface area contributed by atoms with Crippen molar-refractivity contribution >= 4 is 5.78 Å². The highest BCUT2D eigenvalue weighted by Gasteiger charge is 2.62. The first-order chi connectivity index (χ1) is 9.42. The second kappa shape index (κ2) is 4.46. The molecule has 1 aliphatic heterocycles. The summed E-state index contributed by atoms with van der Waals surface area (Å²) in [6.07, 6.45) is 2.55. The van der Waals surface area contributed by atoms with Gasteiger partial charge in [-0.05, 0) is 36.0 Å². The van der Waals surface area contributed by atoms with Crippen LogP contribution in [0.1, 0.15) is 51.2 Å². The Morgan fingerprint density at radius 3 is 2.55 bits per heavy atom. The van der Waals surface area contributed by atoms with Crippen molar-refractivity contribution in [3.8, 4) is 11.8 Å². The highest BCUT2D eigenvalue weighted by atomic mass is 16.6. The Bertz CT molecular complexity index is 595. The molecule has 1 aromatic rings. The molecule has 0 radical (unpaired) electrons. The van der Waals surface area contributed by atoms with Crippen molar-refractivity contribution in [3.63, 3.8) is 0 Å². The van der Waals surface area contributed by atoms with E-state index in [2.05, 4.69) is 44.7 Å². The second-order valence-electron chi connectivity index (χ2n) is 6.73. The van der Waals surface area contributed by atoms with Gasteiger partial charge in [0.25, 0.3) is 0 Å². The molecular weight excluding hydrogens is 248 g/mol. The van der Waals surface area contributed by atoms with Gasteiger partial charge in [0.1, 0.15) is 6.10 Å². The van der Waals surface area contributed by atoms with Crippen molar-refractivity contribution in [2.75, 3.05) is 0 Å². The van der Waals surface area contributed by atoms with Crippen molar-refractivity contribution in [3.05, 3.63) is 35.4 Å². The molecule has 2 nitrogen and oxygen atoms in total. The van der Waals surface area contributed by atoms with Gasteiger partial charge in [-0.15, -0.1) is 0 Å². The summed E-state index contributed by atoms with van der Waals surface area (Å²) >= 11 is 0. The van der Waals surface area contributed by atoms with Gasteiger partial charge < -0.3 is 4.74 Å². The molecule has 0 N–H and O–H groups in total. The van der Waals surface area contributed by atoms with Crippen LogP contribution in [0.3, 0.4) is 0 Å². The third-order valence-electron chi connectivity index (χ3n) is 4.15.